The normalized spacial score (nSPS) is 12.2. The number of alkyl halides is 1. The summed E-state index contributed by atoms with van der Waals surface area (Å²) in [4.78, 5) is 10.4. The van der Waals surface area contributed by atoms with E-state index in [0.29, 0.717) is 17.5 Å². The summed E-state index contributed by atoms with van der Waals surface area (Å²) in [5.74, 6) is 0.622. The zero-order valence-electron chi connectivity index (χ0n) is 10.1. The number of nitrogens with zero attached hydrogens (tertiary/aromatic N) is 1. The lowest BCUT2D eigenvalue weighted by atomic mass is 10.1. The zero-order chi connectivity index (χ0) is 13.5. The summed E-state index contributed by atoms with van der Waals surface area (Å²) in [6, 6.07) is 4.43. The van der Waals surface area contributed by atoms with Crippen LogP contribution in [0.1, 0.15) is 19.8 Å². The Morgan fingerprint density at radius 2 is 2.28 bits per heavy atom. The Morgan fingerprint density at radius 3 is 2.83 bits per heavy atom. The Hall–Kier alpha value is -0.810. The van der Waals surface area contributed by atoms with Crippen molar-refractivity contribution >= 4 is 33.2 Å². The molecule has 0 aliphatic carbocycles. The molecule has 1 rings (SSSR count). The van der Waals surface area contributed by atoms with Gasteiger partial charge < -0.3 is 4.74 Å². The zero-order valence-corrected chi connectivity index (χ0v) is 12.4. The molecule has 6 heteroatoms. The van der Waals surface area contributed by atoms with Crippen LogP contribution in [0.5, 0.6) is 5.75 Å². The lowest BCUT2D eigenvalue weighted by molar-refractivity contribution is -0.385. The van der Waals surface area contributed by atoms with Gasteiger partial charge in [0.2, 0.25) is 0 Å². The Bertz CT molecular complexity index is 414. The topological polar surface area (TPSA) is 52.4 Å². The maximum absolute atomic E-state index is 10.9. The number of halogens is 2. The fourth-order valence-corrected chi connectivity index (χ4v) is 2.25. The monoisotopic (exact) mass is 335 g/mol. The van der Waals surface area contributed by atoms with Gasteiger partial charge in [0.25, 0.3) is 0 Å². The molecule has 0 heterocycles. The summed E-state index contributed by atoms with van der Waals surface area (Å²) in [7, 11) is 0. The first-order valence-electron chi connectivity index (χ1n) is 5.71. The van der Waals surface area contributed by atoms with Gasteiger partial charge in [0.15, 0.2) is 5.75 Å². The minimum Gasteiger partial charge on any atom is -0.486 e. The van der Waals surface area contributed by atoms with Crippen LogP contribution < -0.4 is 4.74 Å². The van der Waals surface area contributed by atoms with Gasteiger partial charge in [0.05, 0.1) is 11.5 Å². The molecule has 100 valence electrons. The molecule has 0 bridgehead atoms. The van der Waals surface area contributed by atoms with Gasteiger partial charge in [-0.25, -0.2) is 0 Å². The van der Waals surface area contributed by atoms with Gasteiger partial charge in [-0.1, -0.05) is 40.9 Å². The summed E-state index contributed by atoms with van der Waals surface area (Å²) < 4.78 is 5.53. The van der Waals surface area contributed by atoms with E-state index in [1.54, 1.807) is 6.07 Å². The predicted molar refractivity (Wildman–Crippen MR) is 75.8 cm³/mol. The molecular weight excluding hydrogens is 321 g/mol. The van der Waals surface area contributed by atoms with Crippen LogP contribution in [0.2, 0.25) is 5.02 Å². The number of nitro groups is 1. The first kappa shape index (κ1) is 15.2. The highest BCUT2D eigenvalue weighted by atomic mass is 79.9. The summed E-state index contributed by atoms with van der Waals surface area (Å²) in [6.45, 7) is 2.56. The standard InChI is InChI=1S/C12H15BrClNO3/c1-2-3-9(7-13)8-18-12-5-4-10(14)6-11(12)15(16)17/h4-6,9H,2-3,7-8H2,1H3. The minimum absolute atomic E-state index is 0.0904. The summed E-state index contributed by atoms with van der Waals surface area (Å²) in [5.41, 5.74) is -0.0904. The molecule has 0 spiro atoms. The van der Waals surface area contributed by atoms with Crippen molar-refractivity contribution in [2.75, 3.05) is 11.9 Å². The number of nitro benzene ring substituents is 1. The molecular formula is C12H15BrClNO3. The van der Waals surface area contributed by atoms with Crippen LogP contribution in [-0.2, 0) is 0 Å². The van der Waals surface area contributed by atoms with Crippen LogP contribution in [0.15, 0.2) is 18.2 Å². The third kappa shape index (κ3) is 4.46. The summed E-state index contributed by atoms with van der Waals surface area (Å²) >= 11 is 9.15. The van der Waals surface area contributed by atoms with E-state index in [1.807, 2.05) is 0 Å². The van der Waals surface area contributed by atoms with Crippen LogP contribution in [0.25, 0.3) is 0 Å². The average Bonchev–Trinajstić information content (AvgIpc) is 2.35. The quantitative estimate of drug-likeness (QED) is 0.420. The van der Waals surface area contributed by atoms with E-state index in [1.165, 1.54) is 12.1 Å². The van der Waals surface area contributed by atoms with Crippen LogP contribution in [0.4, 0.5) is 5.69 Å². The Labute approximate surface area is 120 Å². The molecule has 0 fully saturated rings. The van der Waals surface area contributed by atoms with Crippen molar-refractivity contribution in [2.45, 2.75) is 19.8 Å². The van der Waals surface area contributed by atoms with E-state index in [-0.39, 0.29) is 11.4 Å². The van der Waals surface area contributed by atoms with Crippen molar-refractivity contribution in [1.29, 1.82) is 0 Å². The van der Waals surface area contributed by atoms with Crippen LogP contribution >= 0.6 is 27.5 Å². The third-order valence-corrected chi connectivity index (χ3v) is 3.66. The highest BCUT2D eigenvalue weighted by Gasteiger charge is 2.17. The second kappa shape index (κ2) is 7.59. The van der Waals surface area contributed by atoms with Crippen molar-refractivity contribution in [3.8, 4) is 5.75 Å². The van der Waals surface area contributed by atoms with Gasteiger partial charge in [0.1, 0.15) is 0 Å². The largest absolute Gasteiger partial charge is 0.486 e. The number of benzene rings is 1. The molecule has 0 saturated carbocycles. The second-order valence-corrected chi connectivity index (χ2v) is 5.07. The predicted octanol–water partition coefficient (Wildman–Crippen LogP) is 4.44. The molecule has 0 saturated heterocycles. The number of hydrogen-bond donors (Lipinski definition) is 0. The highest BCUT2D eigenvalue weighted by molar-refractivity contribution is 9.09. The van der Waals surface area contributed by atoms with Crippen molar-refractivity contribution in [3.05, 3.63) is 33.3 Å². The first-order valence-corrected chi connectivity index (χ1v) is 7.21. The van der Waals surface area contributed by atoms with Crippen molar-refractivity contribution < 1.29 is 9.66 Å². The number of ether oxygens (including phenoxy) is 1. The van der Waals surface area contributed by atoms with E-state index >= 15 is 0 Å². The molecule has 0 aliphatic rings. The van der Waals surface area contributed by atoms with Gasteiger partial charge in [-0.3, -0.25) is 10.1 Å². The SMILES string of the molecule is CCCC(CBr)COc1ccc(Cl)cc1[N+](=O)[O-]. The molecule has 1 aromatic carbocycles. The van der Waals surface area contributed by atoms with Crippen molar-refractivity contribution in [2.24, 2.45) is 5.92 Å². The van der Waals surface area contributed by atoms with Crippen LogP contribution in [-0.4, -0.2) is 16.9 Å². The Balaban J connectivity index is 2.74. The second-order valence-electron chi connectivity index (χ2n) is 3.99. The average molecular weight is 337 g/mol. The molecule has 4 nitrogen and oxygen atoms in total. The summed E-state index contributed by atoms with van der Waals surface area (Å²) in [5, 5.41) is 12.0. The lowest BCUT2D eigenvalue weighted by Gasteiger charge is -2.14. The van der Waals surface area contributed by atoms with Gasteiger partial charge in [0, 0.05) is 22.3 Å². The molecule has 0 N–H and O–H groups in total. The van der Waals surface area contributed by atoms with E-state index in [4.69, 9.17) is 16.3 Å². The minimum atomic E-state index is -0.482. The fourth-order valence-electron chi connectivity index (χ4n) is 1.58. The Kier molecular flexibility index (Phi) is 6.43. The van der Waals surface area contributed by atoms with Crippen molar-refractivity contribution in [3.63, 3.8) is 0 Å². The first-order chi connectivity index (χ1) is 8.58. The molecule has 1 aromatic rings. The van der Waals surface area contributed by atoms with Gasteiger partial charge in [-0.2, -0.15) is 0 Å². The fraction of sp³-hybridized carbons (Fsp3) is 0.500. The highest BCUT2D eigenvalue weighted by Crippen LogP contribution is 2.30. The summed E-state index contributed by atoms with van der Waals surface area (Å²) in [6.07, 6.45) is 2.08. The van der Waals surface area contributed by atoms with Gasteiger partial charge >= 0.3 is 5.69 Å². The maximum Gasteiger partial charge on any atom is 0.312 e. The lowest BCUT2D eigenvalue weighted by Crippen LogP contribution is -2.13. The Morgan fingerprint density at radius 1 is 1.56 bits per heavy atom. The molecule has 0 aliphatic heterocycles. The molecule has 1 unspecified atom stereocenters. The van der Waals surface area contributed by atoms with Gasteiger partial charge in [-0.15, -0.1) is 0 Å². The molecule has 0 radical (unpaired) electrons. The number of hydrogen-bond acceptors (Lipinski definition) is 3. The molecule has 0 amide bonds. The van der Waals surface area contributed by atoms with E-state index < -0.39 is 4.92 Å². The van der Waals surface area contributed by atoms with Crippen molar-refractivity contribution in [1.82, 2.24) is 0 Å². The van der Waals surface area contributed by atoms with E-state index in [0.717, 1.165) is 18.2 Å². The third-order valence-electron chi connectivity index (χ3n) is 2.51. The maximum atomic E-state index is 10.9. The smallest absolute Gasteiger partial charge is 0.312 e. The van der Waals surface area contributed by atoms with Crippen LogP contribution in [0.3, 0.4) is 0 Å². The molecule has 0 aromatic heterocycles. The number of rotatable bonds is 7. The van der Waals surface area contributed by atoms with E-state index in [2.05, 4.69) is 22.9 Å². The molecule has 1 atom stereocenters. The molecule has 18 heavy (non-hydrogen) atoms. The van der Waals surface area contributed by atoms with Crippen LogP contribution in [0, 0.1) is 16.0 Å². The van der Waals surface area contributed by atoms with E-state index in [9.17, 15) is 10.1 Å². The van der Waals surface area contributed by atoms with Gasteiger partial charge in [-0.05, 0) is 18.6 Å².